The van der Waals surface area contributed by atoms with Gasteiger partial charge in [-0.3, -0.25) is 0 Å². The number of anilines is 1. The lowest BCUT2D eigenvalue weighted by Gasteiger charge is -2.32. The van der Waals surface area contributed by atoms with Gasteiger partial charge in [0.25, 0.3) is 0 Å². The summed E-state index contributed by atoms with van der Waals surface area (Å²) in [5.41, 5.74) is 0. The quantitative estimate of drug-likeness (QED) is 0.894. The summed E-state index contributed by atoms with van der Waals surface area (Å²) in [5, 5.41) is 7.39. The predicted octanol–water partition coefficient (Wildman–Crippen LogP) is 2.56. The highest BCUT2D eigenvalue weighted by molar-refractivity contribution is 5.22. The van der Waals surface area contributed by atoms with Gasteiger partial charge in [-0.15, -0.1) is 0 Å². The second-order valence-corrected chi connectivity index (χ2v) is 5.66. The average Bonchev–Trinajstić information content (AvgIpc) is 2.97. The molecule has 1 aromatic heterocycles. The smallest absolute Gasteiger partial charge is 0.321 e. The summed E-state index contributed by atoms with van der Waals surface area (Å²) in [6, 6.07) is 0.989. The lowest BCUT2D eigenvalue weighted by atomic mass is 9.82. The Balaban J connectivity index is 1.67. The summed E-state index contributed by atoms with van der Waals surface area (Å²) >= 11 is 0. The normalized spacial score (nSPS) is 31.6. The topological polar surface area (TPSA) is 60.2 Å². The second-order valence-electron chi connectivity index (χ2n) is 5.66. The van der Waals surface area contributed by atoms with E-state index in [-0.39, 0.29) is 0 Å². The first-order valence-corrected chi connectivity index (χ1v) is 6.96. The van der Waals surface area contributed by atoms with Gasteiger partial charge < -0.3 is 14.6 Å². The zero-order valence-corrected chi connectivity index (χ0v) is 11.1. The third kappa shape index (κ3) is 2.23. The number of rotatable bonds is 3. The van der Waals surface area contributed by atoms with Gasteiger partial charge in [0, 0.05) is 24.5 Å². The number of hydrogen-bond acceptors (Lipinski definition) is 5. The minimum Gasteiger partial charge on any atom is -0.378 e. The molecule has 1 aliphatic carbocycles. The van der Waals surface area contributed by atoms with Crippen LogP contribution in [0.4, 0.5) is 6.01 Å². The first-order chi connectivity index (χ1) is 8.74. The first-order valence-electron chi connectivity index (χ1n) is 6.96. The minimum absolute atomic E-state index is 0.304. The Kier molecular flexibility index (Phi) is 3.24. The maximum atomic E-state index is 5.76. The Morgan fingerprint density at radius 2 is 2.17 bits per heavy atom. The largest absolute Gasteiger partial charge is 0.378 e. The summed E-state index contributed by atoms with van der Waals surface area (Å²) in [5.74, 6) is 1.68. The van der Waals surface area contributed by atoms with Crippen molar-refractivity contribution in [1.29, 1.82) is 0 Å². The van der Waals surface area contributed by atoms with Gasteiger partial charge in [-0.25, -0.2) is 0 Å². The van der Waals surface area contributed by atoms with Crippen LogP contribution < -0.4 is 5.32 Å². The van der Waals surface area contributed by atoms with Gasteiger partial charge in [-0.1, -0.05) is 19.0 Å². The van der Waals surface area contributed by atoms with E-state index in [1.54, 1.807) is 0 Å². The molecule has 100 valence electrons. The van der Waals surface area contributed by atoms with Crippen molar-refractivity contribution >= 4 is 6.01 Å². The number of aromatic nitrogens is 2. The SMILES string of the molecule is CC(C)c1noc(N[C@@H]2CCC[C@H]3OCC[C@@H]23)n1. The van der Waals surface area contributed by atoms with E-state index < -0.39 is 0 Å². The fourth-order valence-electron chi connectivity index (χ4n) is 3.04. The molecule has 0 spiro atoms. The number of fused-ring (bicyclic) bond motifs is 1. The molecule has 2 heterocycles. The molecule has 0 bridgehead atoms. The van der Waals surface area contributed by atoms with Crippen molar-refractivity contribution in [3.05, 3.63) is 5.82 Å². The van der Waals surface area contributed by atoms with E-state index in [9.17, 15) is 0 Å². The molecule has 5 nitrogen and oxygen atoms in total. The van der Waals surface area contributed by atoms with Gasteiger partial charge in [0.2, 0.25) is 0 Å². The van der Waals surface area contributed by atoms with E-state index >= 15 is 0 Å². The molecule has 2 fully saturated rings. The Morgan fingerprint density at radius 1 is 1.28 bits per heavy atom. The van der Waals surface area contributed by atoms with E-state index in [0.717, 1.165) is 18.9 Å². The first kappa shape index (κ1) is 12.0. The van der Waals surface area contributed by atoms with Gasteiger partial charge in [0.1, 0.15) is 0 Å². The van der Waals surface area contributed by atoms with Crippen molar-refractivity contribution in [1.82, 2.24) is 10.1 Å². The van der Waals surface area contributed by atoms with E-state index in [2.05, 4.69) is 29.3 Å². The number of hydrogen-bond donors (Lipinski definition) is 1. The zero-order chi connectivity index (χ0) is 12.5. The third-order valence-electron chi connectivity index (χ3n) is 4.05. The summed E-state index contributed by atoms with van der Waals surface area (Å²) in [6.45, 7) is 5.03. The summed E-state index contributed by atoms with van der Waals surface area (Å²) in [4.78, 5) is 4.39. The van der Waals surface area contributed by atoms with Crippen molar-refractivity contribution < 1.29 is 9.26 Å². The highest BCUT2D eigenvalue weighted by Crippen LogP contribution is 2.35. The molecule has 0 radical (unpaired) electrons. The number of ether oxygens (including phenoxy) is 1. The van der Waals surface area contributed by atoms with Crippen LogP contribution in [-0.4, -0.2) is 28.9 Å². The summed E-state index contributed by atoms with van der Waals surface area (Å²) in [6.07, 6.45) is 5.16. The fraction of sp³-hybridized carbons (Fsp3) is 0.846. The maximum Gasteiger partial charge on any atom is 0.321 e. The molecule has 1 N–H and O–H groups in total. The van der Waals surface area contributed by atoms with Crippen LogP contribution in [0.3, 0.4) is 0 Å². The van der Waals surface area contributed by atoms with Gasteiger partial charge in [0.15, 0.2) is 5.82 Å². The van der Waals surface area contributed by atoms with E-state index in [4.69, 9.17) is 9.26 Å². The molecule has 0 amide bonds. The summed E-state index contributed by atoms with van der Waals surface area (Å²) in [7, 11) is 0. The standard InChI is InChI=1S/C13H21N3O2/c1-8(2)12-15-13(18-16-12)14-10-4-3-5-11-9(10)6-7-17-11/h8-11H,3-7H2,1-2H3,(H,14,15,16)/t9-,10+,11+/m0/s1. The Morgan fingerprint density at radius 3 is 2.94 bits per heavy atom. The number of nitrogens with zero attached hydrogens (tertiary/aromatic N) is 2. The molecular formula is C13H21N3O2. The van der Waals surface area contributed by atoms with Crippen molar-refractivity contribution in [2.24, 2.45) is 5.92 Å². The molecule has 1 aromatic rings. The molecule has 1 aliphatic heterocycles. The van der Waals surface area contributed by atoms with Gasteiger partial charge in [0.05, 0.1) is 6.10 Å². The van der Waals surface area contributed by atoms with Crippen LogP contribution in [0.2, 0.25) is 0 Å². The van der Waals surface area contributed by atoms with Crippen molar-refractivity contribution in [3.8, 4) is 0 Å². The van der Waals surface area contributed by atoms with Crippen molar-refractivity contribution in [2.75, 3.05) is 11.9 Å². The minimum atomic E-state index is 0.304. The number of nitrogens with one attached hydrogen (secondary N) is 1. The van der Waals surface area contributed by atoms with E-state index in [1.165, 1.54) is 19.3 Å². The van der Waals surface area contributed by atoms with Crippen LogP contribution in [0.25, 0.3) is 0 Å². The van der Waals surface area contributed by atoms with Crippen LogP contribution in [0.5, 0.6) is 0 Å². The van der Waals surface area contributed by atoms with Gasteiger partial charge >= 0.3 is 6.01 Å². The van der Waals surface area contributed by atoms with Crippen molar-refractivity contribution in [2.45, 2.75) is 57.6 Å². The van der Waals surface area contributed by atoms with Crippen molar-refractivity contribution in [3.63, 3.8) is 0 Å². The predicted molar refractivity (Wildman–Crippen MR) is 67.5 cm³/mol. The lowest BCUT2D eigenvalue weighted by Crippen LogP contribution is -2.38. The second kappa shape index (κ2) is 4.88. The van der Waals surface area contributed by atoms with Crippen LogP contribution >= 0.6 is 0 Å². The molecule has 5 heteroatoms. The lowest BCUT2D eigenvalue weighted by molar-refractivity contribution is 0.0616. The van der Waals surface area contributed by atoms with E-state index in [0.29, 0.717) is 30.0 Å². The Hall–Kier alpha value is -1.10. The molecule has 0 aromatic carbocycles. The Bertz CT molecular complexity index is 405. The van der Waals surface area contributed by atoms with Crippen LogP contribution in [-0.2, 0) is 4.74 Å². The van der Waals surface area contributed by atoms with Crippen LogP contribution in [0, 0.1) is 5.92 Å². The highest BCUT2D eigenvalue weighted by atomic mass is 16.5. The molecular weight excluding hydrogens is 230 g/mol. The monoisotopic (exact) mass is 251 g/mol. The Labute approximate surface area is 107 Å². The average molecular weight is 251 g/mol. The fourth-order valence-corrected chi connectivity index (χ4v) is 3.04. The van der Waals surface area contributed by atoms with Gasteiger partial charge in [-0.2, -0.15) is 4.98 Å². The maximum absolute atomic E-state index is 5.76. The van der Waals surface area contributed by atoms with Crippen LogP contribution in [0.15, 0.2) is 4.52 Å². The molecule has 2 aliphatic rings. The summed E-state index contributed by atoms with van der Waals surface area (Å²) < 4.78 is 11.0. The highest BCUT2D eigenvalue weighted by Gasteiger charge is 2.38. The van der Waals surface area contributed by atoms with Crippen LogP contribution in [0.1, 0.15) is 51.3 Å². The molecule has 0 unspecified atom stereocenters. The molecule has 1 saturated carbocycles. The van der Waals surface area contributed by atoms with Gasteiger partial charge in [-0.05, 0) is 25.7 Å². The van der Waals surface area contributed by atoms with E-state index in [1.807, 2.05) is 0 Å². The molecule has 18 heavy (non-hydrogen) atoms. The molecule has 3 rings (SSSR count). The molecule has 1 saturated heterocycles. The molecule has 3 atom stereocenters. The third-order valence-corrected chi connectivity index (χ3v) is 4.05. The zero-order valence-electron chi connectivity index (χ0n) is 11.1.